The highest BCUT2D eigenvalue weighted by atomic mass is 32.2. The Bertz CT molecular complexity index is 912. The number of thioether (sulfide) groups is 1. The molecule has 2 aromatic rings. The van der Waals surface area contributed by atoms with E-state index in [1.807, 2.05) is 35.0 Å². The highest BCUT2D eigenvalue weighted by molar-refractivity contribution is 8.00. The molecule has 0 unspecified atom stereocenters. The molecular formula is C18H19N7OS. The first-order chi connectivity index (χ1) is 13.2. The van der Waals surface area contributed by atoms with Crippen molar-refractivity contribution in [1.29, 1.82) is 5.26 Å². The molecule has 0 amide bonds. The van der Waals surface area contributed by atoms with E-state index in [0.29, 0.717) is 17.0 Å². The van der Waals surface area contributed by atoms with Crippen LogP contribution in [0, 0.1) is 11.3 Å². The maximum atomic E-state index is 12.9. The van der Waals surface area contributed by atoms with E-state index in [2.05, 4.69) is 26.2 Å². The molecule has 8 nitrogen and oxygen atoms in total. The molecule has 0 bridgehead atoms. The summed E-state index contributed by atoms with van der Waals surface area (Å²) in [5.41, 5.74) is 1.77. The summed E-state index contributed by atoms with van der Waals surface area (Å²) in [6, 6.07) is 9.91. The summed E-state index contributed by atoms with van der Waals surface area (Å²) in [5, 5.41) is 27.9. The molecule has 1 aromatic carbocycles. The maximum Gasteiger partial charge on any atom is 0.210 e. The van der Waals surface area contributed by atoms with Crippen LogP contribution in [0.25, 0.3) is 0 Å². The van der Waals surface area contributed by atoms with Gasteiger partial charge in [-0.05, 0) is 42.3 Å². The molecule has 1 aliphatic heterocycles. The van der Waals surface area contributed by atoms with Crippen LogP contribution in [0.2, 0.25) is 0 Å². The lowest BCUT2D eigenvalue weighted by molar-refractivity contribution is -0.114. The number of nitriles is 1. The number of tetrazole rings is 1. The second-order valence-electron chi connectivity index (χ2n) is 6.63. The number of ketones is 1. The maximum absolute atomic E-state index is 12.9. The number of aromatic nitrogens is 4. The Balaban J connectivity index is 1.52. The fourth-order valence-corrected chi connectivity index (χ4v) is 4.34. The van der Waals surface area contributed by atoms with Crippen molar-refractivity contribution in [3.63, 3.8) is 0 Å². The van der Waals surface area contributed by atoms with Crippen molar-refractivity contribution in [2.45, 2.75) is 49.1 Å². The number of Topliss-reactive ketones (excluding diaryl/α,β-unsaturated/α-hetero) is 1. The summed E-state index contributed by atoms with van der Waals surface area (Å²) in [7, 11) is 0. The molecule has 9 heteroatoms. The van der Waals surface area contributed by atoms with E-state index >= 15 is 0 Å². The van der Waals surface area contributed by atoms with Crippen LogP contribution < -0.4 is 10.6 Å². The predicted molar refractivity (Wildman–Crippen MR) is 102 cm³/mol. The van der Waals surface area contributed by atoms with Crippen molar-refractivity contribution < 1.29 is 4.79 Å². The Morgan fingerprint density at radius 3 is 2.59 bits per heavy atom. The van der Waals surface area contributed by atoms with Crippen LogP contribution in [0.5, 0.6) is 0 Å². The number of carbonyl (C=O) groups excluding carboxylic acids is 1. The van der Waals surface area contributed by atoms with Crippen LogP contribution in [0.3, 0.4) is 0 Å². The first-order valence-electron chi connectivity index (χ1n) is 8.93. The van der Waals surface area contributed by atoms with Gasteiger partial charge in [0.15, 0.2) is 5.78 Å². The van der Waals surface area contributed by atoms with E-state index in [9.17, 15) is 10.1 Å². The van der Waals surface area contributed by atoms with Crippen molar-refractivity contribution in [2.75, 3.05) is 10.6 Å². The normalized spacial score (nSPS) is 17.0. The fourth-order valence-electron chi connectivity index (χ4n) is 3.42. The van der Waals surface area contributed by atoms with Gasteiger partial charge >= 0.3 is 0 Å². The number of benzene rings is 1. The quantitative estimate of drug-likeness (QED) is 0.462. The van der Waals surface area contributed by atoms with E-state index in [0.717, 1.165) is 24.2 Å². The van der Waals surface area contributed by atoms with Crippen molar-refractivity contribution in [2.24, 2.45) is 0 Å². The lowest BCUT2D eigenvalue weighted by Gasteiger charge is -2.14. The number of rotatable bonds is 5. The van der Waals surface area contributed by atoms with Crippen LogP contribution in [0.4, 0.5) is 11.4 Å². The number of fused-ring (bicyclic) bond motifs is 1. The zero-order chi connectivity index (χ0) is 18.8. The Labute approximate surface area is 161 Å². The molecule has 138 valence electrons. The topological polar surface area (TPSA) is 109 Å². The van der Waals surface area contributed by atoms with Gasteiger partial charge in [-0.1, -0.05) is 36.7 Å². The molecule has 0 spiro atoms. The molecule has 1 atom stereocenters. The third kappa shape index (κ3) is 3.40. The Morgan fingerprint density at radius 1 is 1.30 bits per heavy atom. The molecule has 1 saturated carbocycles. The summed E-state index contributed by atoms with van der Waals surface area (Å²) in [4.78, 5) is 12.9. The summed E-state index contributed by atoms with van der Waals surface area (Å²) in [5.74, 6) is 0.165. The van der Waals surface area contributed by atoms with Crippen LogP contribution in [0.15, 0.2) is 40.8 Å². The van der Waals surface area contributed by atoms with E-state index in [4.69, 9.17) is 0 Å². The van der Waals surface area contributed by atoms with E-state index in [-0.39, 0.29) is 11.4 Å². The molecule has 1 aliphatic carbocycles. The molecule has 27 heavy (non-hydrogen) atoms. The number of nitrogens with one attached hydrogen (secondary N) is 2. The molecule has 2 heterocycles. The van der Waals surface area contributed by atoms with Crippen molar-refractivity contribution >= 4 is 28.9 Å². The number of nitrogens with zero attached hydrogens (tertiary/aromatic N) is 5. The van der Waals surface area contributed by atoms with Crippen LogP contribution in [0.1, 0.15) is 38.6 Å². The second-order valence-corrected chi connectivity index (χ2v) is 7.93. The number of anilines is 2. The van der Waals surface area contributed by atoms with Gasteiger partial charge in [-0.25, -0.2) is 4.68 Å². The average Bonchev–Trinajstić information content (AvgIpc) is 3.42. The smallest absolute Gasteiger partial charge is 0.210 e. The van der Waals surface area contributed by atoms with E-state index < -0.39 is 5.25 Å². The Kier molecular flexibility index (Phi) is 4.81. The third-order valence-electron chi connectivity index (χ3n) is 4.84. The van der Waals surface area contributed by atoms with E-state index in [1.54, 1.807) is 6.92 Å². The Morgan fingerprint density at radius 2 is 1.96 bits per heavy atom. The van der Waals surface area contributed by atoms with Crippen LogP contribution in [-0.4, -0.2) is 31.2 Å². The number of para-hydroxylation sites is 2. The number of hydrogen-bond acceptors (Lipinski definition) is 8. The van der Waals surface area contributed by atoms with Gasteiger partial charge in [-0.3, -0.25) is 4.79 Å². The van der Waals surface area contributed by atoms with E-state index in [1.165, 1.54) is 24.6 Å². The molecule has 2 aliphatic rings. The van der Waals surface area contributed by atoms with Crippen LogP contribution in [-0.2, 0) is 4.79 Å². The first-order valence-corrected chi connectivity index (χ1v) is 9.81. The summed E-state index contributed by atoms with van der Waals surface area (Å²) in [6.07, 6.45) is 4.46. The van der Waals surface area contributed by atoms with Gasteiger partial charge in [-0.2, -0.15) is 5.26 Å². The largest absolute Gasteiger partial charge is 0.339 e. The zero-order valence-corrected chi connectivity index (χ0v) is 15.7. The number of carbonyl (C=O) groups is 1. The highest BCUT2D eigenvalue weighted by Gasteiger charge is 2.29. The van der Waals surface area contributed by atoms with Crippen molar-refractivity contribution in [3.8, 4) is 6.07 Å². The van der Waals surface area contributed by atoms with Gasteiger partial charge in [0.25, 0.3) is 0 Å². The molecular weight excluding hydrogens is 362 g/mol. The molecule has 2 N–H and O–H groups in total. The van der Waals surface area contributed by atoms with Gasteiger partial charge in [0.2, 0.25) is 5.16 Å². The molecule has 1 fully saturated rings. The third-order valence-corrected chi connectivity index (χ3v) is 5.89. The SMILES string of the molecule is C[C@@H](Sc1nnnn1C1CCCC1)C(=O)C(C#N)=C1Nc2ccccc2N1. The van der Waals surface area contributed by atoms with Gasteiger partial charge in [0.05, 0.1) is 22.7 Å². The van der Waals surface area contributed by atoms with Gasteiger partial charge in [0.1, 0.15) is 17.5 Å². The number of hydrogen-bond donors (Lipinski definition) is 2. The van der Waals surface area contributed by atoms with Gasteiger partial charge in [0, 0.05) is 0 Å². The second kappa shape index (κ2) is 7.40. The molecule has 4 rings (SSSR count). The lowest BCUT2D eigenvalue weighted by Crippen LogP contribution is -2.20. The van der Waals surface area contributed by atoms with Gasteiger partial charge < -0.3 is 10.6 Å². The fraction of sp³-hybridized carbons (Fsp3) is 0.389. The minimum atomic E-state index is -0.481. The molecule has 1 aromatic heterocycles. The van der Waals surface area contributed by atoms with Crippen molar-refractivity contribution in [3.05, 3.63) is 35.7 Å². The molecule has 0 radical (unpaired) electrons. The van der Waals surface area contributed by atoms with Crippen LogP contribution >= 0.6 is 11.8 Å². The predicted octanol–water partition coefficient (Wildman–Crippen LogP) is 3.11. The monoisotopic (exact) mass is 381 g/mol. The van der Waals surface area contributed by atoms with Crippen molar-refractivity contribution in [1.82, 2.24) is 20.2 Å². The number of allylic oxidation sites excluding steroid dienone is 1. The Hall–Kier alpha value is -2.86. The summed E-state index contributed by atoms with van der Waals surface area (Å²) < 4.78 is 1.82. The first kappa shape index (κ1) is 17.5. The zero-order valence-electron chi connectivity index (χ0n) is 14.8. The summed E-state index contributed by atoms with van der Waals surface area (Å²) >= 11 is 1.29. The minimum absolute atomic E-state index is 0.0751. The standard InChI is InChI=1S/C18H19N7OS/c1-11(27-18-22-23-24-25(18)12-6-2-3-7-12)16(26)13(10-19)17-20-14-8-4-5-9-15(14)21-17/h4-5,8-9,11-12,20-21H,2-3,6-7H2,1H3/t11-/m1/s1. The lowest BCUT2D eigenvalue weighted by atomic mass is 10.1. The minimum Gasteiger partial charge on any atom is -0.339 e. The summed E-state index contributed by atoms with van der Waals surface area (Å²) in [6.45, 7) is 1.78. The highest BCUT2D eigenvalue weighted by Crippen LogP contribution is 2.34. The van der Waals surface area contributed by atoms with Gasteiger partial charge in [-0.15, -0.1) is 5.10 Å². The average molecular weight is 381 g/mol. The molecule has 0 saturated heterocycles.